The van der Waals surface area contributed by atoms with E-state index in [1.165, 1.54) is 27.9 Å². The Morgan fingerprint density at radius 2 is 1.58 bits per heavy atom. The van der Waals surface area contributed by atoms with Crippen LogP contribution in [0.2, 0.25) is 0 Å². The van der Waals surface area contributed by atoms with E-state index in [0.29, 0.717) is 0 Å². The largest absolute Gasteiger partial charge is 0.340 e. The molecule has 0 saturated heterocycles. The standard InChI is InChI=1S/C23H19N2.Ir/c1-17-8-6-9-18(2)22(17)25-15-14-24-23(25)21-13-7-12-20(16-21)19-10-4-3-5-11-19;/h3-12,14-16H,1-2H3;/q-1;. The Hall–Kier alpha value is -2.48. The van der Waals surface area contributed by atoms with Crippen LogP contribution < -0.4 is 0 Å². The molecule has 0 N–H and O–H groups in total. The summed E-state index contributed by atoms with van der Waals surface area (Å²) in [5.41, 5.74) is 7.02. The molecular weight excluding hydrogens is 496 g/mol. The van der Waals surface area contributed by atoms with Crippen molar-refractivity contribution in [1.82, 2.24) is 9.55 Å². The third-order valence-corrected chi connectivity index (χ3v) is 4.47. The van der Waals surface area contributed by atoms with Crippen LogP contribution in [0.1, 0.15) is 11.1 Å². The van der Waals surface area contributed by atoms with E-state index in [1.807, 2.05) is 24.5 Å². The maximum atomic E-state index is 4.61. The zero-order chi connectivity index (χ0) is 17.2. The van der Waals surface area contributed by atoms with Crippen molar-refractivity contribution in [1.29, 1.82) is 0 Å². The van der Waals surface area contributed by atoms with Crippen molar-refractivity contribution in [3.05, 3.63) is 96.3 Å². The van der Waals surface area contributed by atoms with Gasteiger partial charge in [-0.2, -0.15) is 0 Å². The van der Waals surface area contributed by atoms with Crippen molar-refractivity contribution in [3.8, 4) is 28.2 Å². The number of hydrogen-bond donors (Lipinski definition) is 0. The fraction of sp³-hybridized carbons (Fsp3) is 0.0870. The van der Waals surface area contributed by atoms with Gasteiger partial charge in [-0.1, -0.05) is 48.5 Å². The number of aryl methyl sites for hydroxylation is 2. The molecule has 0 saturated carbocycles. The summed E-state index contributed by atoms with van der Waals surface area (Å²) in [6.07, 6.45) is 3.87. The Morgan fingerprint density at radius 3 is 2.31 bits per heavy atom. The van der Waals surface area contributed by atoms with Gasteiger partial charge in [-0.25, -0.2) is 0 Å². The first-order valence-corrected chi connectivity index (χ1v) is 8.41. The normalized spacial score (nSPS) is 10.4. The molecule has 3 aromatic carbocycles. The smallest absolute Gasteiger partial charge is 0.0603 e. The number of imidazole rings is 1. The zero-order valence-electron chi connectivity index (χ0n) is 14.7. The second-order valence-electron chi connectivity index (χ2n) is 6.22. The molecule has 0 spiro atoms. The predicted molar refractivity (Wildman–Crippen MR) is 103 cm³/mol. The molecule has 1 radical (unpaired) electrons. The molecular formula is C23H19IrN2-. The van der Waals surface area contributed by atoms with E-state index in [9.17, 15) is 0 Å². The van der Waals surface area contributed by atoms with Gasteiger partial charge in [0.15, 0.2) is 0 Å². The second-order valence-corrected chi connectivity index (χ2v) is 6.22. The molecule has 3 heteroatoms. The minimum absolute atomic E-state index is 0. The molecule has 0 fully saturated rings. The first kappa shape index (κ1) is 18.3. The first-order valence-electron chi connectivity index (χ1n) is 8.41. The fourth-order valence-corrected chi connectivity index (χ4v) is 3.27. The third kappa shape index (κ3) is 3.41. The van der Waals surface area contributed by atoms with Gasteiger partial charge in [0.05, 0.1) is 5.82 Å². The molecule has 0 amide bonds. The Morgan fingerprint density at radius 1 is 0.846 bits per heavy atom. The summed E-state index contributed by atoms with van der Waals surface area (Å²) in [7, 11) is 0. The van der Waals surface area contributed by atoms with E-state index < -0.39 is 0 Å². The van der Waals surface area contributed by atoms with Gasteiger partial charge in [0.2, 0.25) is 0 Å². The van der Waals surface area contributed by atoms with Crippen LogP contribution in [0.15, 0.2) is 79.1 Å². The summed E-state index contributed by atoms with van der Waals surface area (Å²) in [5, 5.41) is 0. The van der Waals surface area contributed by atoms with E-state index in [2.05, 4.69) is 84.1 Å². The van der Waals surface area contributed by atoms with Gasteiger partial charge >= 0.3 is 0 Å². The van der Waals surface area contributed by atoms with Crippen molar-refractivity contribution in [3.63, 3.8) is 0 Å². The molecule has 0 bridgehead atoms. The molecule has 1 heterocycles. The van der Waals surface area contributed by atoms with E-state index in [-0.39, 0.29) is 20.1 Å². The van der Waals surface area contributed by atoms with Gasteiger partial charge in [-0.05, 0) is 30.5 Å². The molecule has 26 heavy (non-hydrogen) atoms. The van der Waals surface area contributed by atoms with E-state index in [4.69, 9.17) is 0 Å². The first-order chi connectivity index (χ1) is 12.2. The van der Waals surface area contributed by atoms with Crippen LogP contribution in [0.4, 0.5) is 0 Å². The van der Waals surface area contributed by atoms with Gasteiger partial charge in [0.25, 0.3) is 0 Å². The molecule has 1 aromatic heterocycles. The van der Waals surface area contributed by atoms with Crippen LogP contribution in [0.3, 0.4) is 0 Å². The summed E-state index contributed by atoms with van der Waals surface area (Å²) in [6, 6.07) is 26.3. The average Bonchev–Trinajstić information content (AvgIpc) is 3.12. The van der Waals surface area contributed by atoms with Crippen molar-refractivity contribution < 1.29 is 20.1 Å². The molecule has 0 unspecified atom stereocenters. The second kappa shape index (κ2) is 7.82. The molecule has 4 aromatic rings. The molecule has 0 aliphatic heterocycles. The Bertz CT molecular complexity index is 999. The topological polar surface area (TPSA) is 17.8 Å². The maximum Gasteiger partial charge on any atom is 0.0603 e. The Kier molecular flexibility index (Phi) is 5.51. The molecule has 2 nitrogen and oxygen atoms in total. The predicted octanol–water partition coefficient (Wildman–Crippen LogP) is 5.62. The van der Waals surface area contributed by atoms with Gasteiger partial charge < -0.3 is 4.57 Å². The number of rotatable bonds is 3. The average molecular weight is 516 g/mol. The summed E-state index contributed by atoms with van der Waals surface area (Å²) in [4.78, 5) is 4.61. The third-order valence-electron chi connectivity index (χ3n) is 4.47. The summed E-state index contributed by atoms with van der Waals surface area (Å²) in [6.45, 7) is 4.27. The fourth-order valence-electron chi connectivity index (χ4n) is 3.27. The molecule has 4 rings (SSSR count). The van der Waals surface area contributed by atoms with E-state index >= 15 is 0 Å². The molecule has 0 aliphatic rings. The van der Waals surface area contributed by atoms with Crippen molar-refractivity contribution in [2.45, 2.75) is 13.8 Å². The van der Waals surface area contributed by atoms with Gasteiger partial charge in [0.1, 0.15) is 0 Å². The number of nitrogens with zero attached hydrogens (tertiary/aromatic N) is 2. The SMILES string of the molecule is Cc1cccc(C)c1-n1ccnc1-c1[c-]ccc(-c2ccccc2)c1.[Ir]. The van der Waals surface area contributed by atoms with Gasteiger partial charge in [-0.15, -0.1) is 35.4 Å². The van der Waals surface area contributed by atoms with Crippen molar-refractivity contribution in [2.24, 2.45) is 0 Å². The molecule has 0 atom stereocenters. The van der Waals surface area contributed by atoms with Gasteiger partial charge in [-0.3, -0.25) is 4.98 Å². The summed E-state index contributed by atoms with van der Waals surface area (Å²) in [5.74, 6) is 0.912. The number of benzene rings is 3. The van der Waals surface area contributed by atoms with E-state index in [0.717, 1.165) is 11.4 Å². The van der Waals surface area contributed by atoms with Crippen LogP contribution in [-0.4, -0.2) is 9.55 Å². The number of aromatic nitrogens is 2. The minimum Gasteiger partial charge on any atom is -0.340 e. The summed E-state index contributed by atoms with van der Waals surface area (Å²) < 4.78 is 2.16. The zero-order valence-corrected chi connectivity index (χ0v) is 17.1. The maximum absolute atomic E-state index is 4.61. The van der Waals surface area contributed by atoms with Gasteiger partial charge in [0, 0.05) is 38.2 Å². The van der Waals surface area contributed by atoms with Crippen LogP contribution in [0.5, 0.6) is 0 Å². The van der Waals surface area contributed by atoms with Crippen LogP contribution in [0.25, 0.3) is 28.2 Å². The quantitative estimate of drug-likeness (QED) is 0.324. The van der Waals surface area contributed by atoms with Crippen molar-refractivity contribution >= 4 is 0 Å². The molecule has 131 valence electrons. The Balaban J connectivity index is 0.00000196. The number of hydrogen-bond acceptors (Lipinski definition) is 1. The van der Waals surface area contributed by atoms with Crippen LogP contribution in [-0.2, 0) is 20.1 Å². The van der Waals surface area contributed by atoms with Crippen LogP contribution in [0, 0.1) is 19.9 Å². The molecule has 0 aliphatic carbocycles. The monoisotopic (exact) mass is 516 g/mol. The minimum atomic E-state index is 0. The summed E-state index contributed by atoms with van der Waals surface area (Å²) >= 11 is 0. The van der Waals surface area contributed by atoms with E-state index in [1.54, 1.807) is 0 Å². The van der Waals surface area contributed by atoms with Crippen LogP contribution >= 0.6 is 0 Å². The van der Waals surface area contributed by atoms with Crippen molar-refractivity contribution in [2.75, 3.05) is 0 Å². The Labute approximate surface area is 167 Å². The number of para-hydroxylation sites is 1.